The fourth-order valence-corrected chi connectivity index (χ4v) is 2.34. The number of rotatable bonds is 4. The number of benzene rings is 2. The van der Waals surface area contributed by atoms with E-state index in [9.17, 15) is 4.79 Å². The molecule has 3 aromatic rings. The van der Waals surface area contributed by atoms with Gasteiger partial charge in [-0.3, -0.25) is 0 Å². The molecule has 0 aliphatic rings. The molecule has 0 saturated carbocycles. The predicted octanol–water partition coefficient (Wildman–Crippen LogP) is 3.51. The number of hydrogen-bond donors (Lipinski definition) is 1. The van der Waals surface area contributed by atoms with Gasteiger partial charge in [0, 0.05) is 23.4 Å². The number of carboxylic acid groups (broad SMARTS) is 1. The van der Waals surface area contributed by atoms with Crippen molar-refractivity contribution in [2.45, 2.75) is 0 Å². The summed E-state index contributed by atoms with van der Waals surface area (Å²) in [7, 11) is 0. The highest BCUT2D eigenvalue weighted by molar-refractivity contribution is 5.87. The van der Waals surface area contributed by atoms with Crippen LogP contribution in [-0.2, 0) is 4.79 Å². The molecule has 0 amide bonds. The smallest absolute Gasteiger partial charge is 0.328 e. The number of carboxylic acids is 1. The Hall–Kier alpha value is -3.65. The second-order valence-corrected chi connectivity index (χ2v) is 5.08. The average Bonchev–Trinajstić information content (AvgIpc) is 3.05. The summed E-state index contributed by atoms with van der Waals surface area (Å²) in [6, 6.07) is 18.7. The molecular formula is C19H13N3O2. The molecule has 5 nitrogen and oxygen atoms in total. The third-order valence-corrected chi connectivity index (χ3v) is 3.43. The lowest BCUT2D eigenvalue weighted by Gasteiger charge is -2.01. The Labute approximate surface area is 138 Å². The summed E-state index contributed by atoms with van der Waals surface area (Å²) in [4.78, 5) is 10.8. The second-order valence-electron chi connectivity index (χ2n) is 5.08. The lowest BCUT2D eigenvalue weighted by atomic mass is 10.1. The molecule has 0 spiro atoms. The molecule has 0 fully saturated rings. The fourth-order valence-electron chi connectivity index (χ4n) is 2.34. The Bertz CT molecular complexity index is 950. The number of nitrogens with zero attached hydrogens (tertiary/aromatic N) is 3. The highest BCUT2D eigenvalue weighted by Crippen LogP contribution is 2.25. The van der Waals surface area contributed by atoms with Crippen molar-refractivity contribution in [3.8, 4) is 23.0 Å². The number of nitriles is 1. The molecule has 0 atom stereocenters. The molecule has 2 aromatic carbocycles. The van der Waals surface area contributed by atoms with E-state index in [1.54, 1.807) is 29.1 Å². The molecule has 0 aliphatic carbocycles. The Morgan fingerprint density at radius 2 is 1.96 bits per heavy atom. The van der Waals surface area contributed by atoms with E-state index in [0.717, 1.165) is 17.3 Å². The summed E-state index contributed by atoms with van der Waals surface area (Å²) in [6.45, 7) is 0. The number of para-hydroxylation sites is 1. The Morgan fingerprint density at radius 3 is 2.67 bits per heavy atom. The average molecular weight is 315 g/mol. The van der Waals surface area contributed by atoms with Crippen LogP contribution < -0.4 is 0 Å². The summed E-state index contributed by atoms with van der Waals surface area (Å²) < 4.78 is 1.69. The van der Waals surface area contributed by atoms with Crippen LogP contribution in [0.4, 0.5) is 0 Å². The van der Waals surface area contributed by atoms with E-state index in [4.69, 9.17) is 10.4 Å². The molecule has 0 unspecified atom stereocenters. The standard InChI is InChI=1S/C19H13N3O2/c20-12-14-5-4-6-15(11-14)19-16(9-10-18(23)24)13-22(21-19)17-7-2-1-3-8-17/h1-11,13H,(H,23,24)/b10-9+. The number of hydrogen-bond acceptors (Lipinski definition) is 3. The molecule has 1 aromatic heterocycles. The maximum absolute atomic E-state index is 10.8. The van der Waals surface area contributed by atoms with Crippen molar-refractivity contribution in [3.05, 3.63) is 78.0 Å². The first-order valence-corrected chi connectivity index (χ1v) is 7.24. The first kappa shape index (κ1) is 15.3. The molecular weight excluding hydrogens is 302 g/mol. The van der Waals surface area contributed by atoms with Crippen molar-refractivity contribution in [1.82, 2.24) is 9.78 Å². The molecule has 1 N–H and O–H groups in total. The van der Waals surface area contributed by atoms with Gasteiger partial charge in [0.25, 0.3) is 0 Å². The third-order valence-electron chi connectivity index (χ3n) is 3.43. The SMILES string of the molecule is N#Cc1cccc(-c2nn(-c3ccccc3)cc2/C=C/C(=O)O)c1. The number of aliphatic carboxylic acids is 1. The number of carbonyl (C=O) groups is 1. The van der Waals surface area contributed by atoms with Crippen LogP contribution in [-0.4, -0.2) is 20.9 Å². The van der Waals surface area contributed by atoms with Crippen LogP contribution in [0.3, 0.4) is 0 Å². The zero-order valence-corrected chi connectivity index (χ0v) is 12.6. The van der Waals surface area contributed by atoms with Gasteiger partial charge in [-0.25, -0.2) is 9.48 Å². The van der Waals surface area contributed by atoms with E-state index >= 15 is 0 Å². The van der Waals surface area contributed by atoms with Crippen LogP contribution in [0.5, 0.6) is 0 Å². The summed E-state index contributed by atoms with van der Waals surface area (Å²) in [6.07, 6.45) is 4.34. The van der Waals surface area contributed by atoms with Crippen LogP contribution in [0.1, 0.15) is 11.1 Å². The van der Waals surface area contributed by atoms with Crippen LogP contribution in [0.2, 0.25) is 0 Å². The first-order chi connectivity index (χ1) is 11.7. The summed E-state index contributed by atoms with van der Waals surface area (Å²) in [5.41, 5.74) is 3.43. The molecule has 1 heterocycles. The zero-order valence-electron chi connectivity index (χ0n) is 12.6. The van der Waals surface area contributed by atoms with Gasteiger partial charge in [0.1, 0.15) is 0 Å². The Kier molecular flexibility index (Phi) is 4.21. The van der Waals surface area contributed by atoms with Crippen LogP contribution in [0.15, 0.2) is 66.9 Å². The van der Waals surface area contributed by atoms with E-state index < -0.39 is 5.97 Å². The van der Waals surface area contributed by atoms with Crippen molar-refractivity contribution in [3.63, 3.8) is 0 Å². The van der Waals surface area contributed by atoms with E-state index in [1.807, 2.05) is 36.4 Å². The molecule has 3 rings (SSSR count). The third kappa shape index (κ3) is 3.23. The molecule has 0 saturated heterocycles. The first-order valence-electron chi connectivity index (χ1n) is 7.24. The minimum absolute atomic E-state index is 0.523. The Morgan fingerprint density at radius 1 is 1.17 bits per heavy atom. The molecule has 0 aliphatic heterocycles. The van der Waals surface area contributed by atoms with Crippen molar-refractivity contribution in [2.24, 2.45) is 0 Å². The highest BCUT2D eigenvalue weighted by Gasteiger charge is 2.11. The van der Waals surface area contributed by atoms with Gasteiger partial charge >= 0.3 is 5.97 Å². The highest BCUT2D eigenvalue weighted by atomic mass is 16.4. The lowest BCUT2D eigenvalue weighted by Crippen LogP contribution is -1.94. The topological polar surface area (TPSA) is 78.9 Å². The van der Waals surface area contributed by atoms with Gasteiger partial charge in [-0.2, -0.15) is 10.4 Å². The molecule has 0 bridgehead atoms. The molecule has 116 valence electrons. The normalized spacial score (nSPS) is 10.6. The largest absolute Gasteiger partial charge is 0.478 e. The van der Waals surface area contributed by atoms with Gasteiger partial charge < -0.3 is 5.11 Å². The molecule has 5 heteroatoms. The monoisotopic (exact) mass is 315 g/mol. The van der Waals surface area contributed by atoms with E-state index in [2.05, 4.69) is 11.2 Å². The van der Waals surface area contributed by atoms with Crippen LogP contribution >= 0.6 is 0 Å². The van der Waals surface area contributed by atoms with E-state index in [1.165, 1.54) is 6.08 Å². The van der Waals surface area contributed by atoms with E-state index in [-0.39, 0.29) is 0 Å². The molecule has 24 heavy (non-hydrogen) atoms. The quantitative estimate of drug-likeness (QED) is 0.747. The van der Waals surface area contributed by atoms with Gasteiger partial charge in [0.15, 0.2) is 0 Å². The van der Waals surface area contributed by atoms with Gasteiger partial charge in [-0.1, -0.05) is 30.3 Å². The van der Waals surface area contributed by atoms with E-state index in [0.29, 0.717) is 16.8 Å². The summed E-state index contributed by atoms with van der Waals surface area (Å²) in [5, 5.41) is 22.5. The van der Waals surface area contributed by atoms with Gasteiger partial charge in [0.2, 0.25) is 0 Å². The predicted molar refractivity (Wildman–Crippen MR) is 90.4 cm³/mol. The minimum atomic E-state index is -1.03. The van der Waals surface area contributed by atoms with Crippen molar-refractivity contribution < 1.29 is 9.90 Å². The Balaban J connectivity index is 2.14. The van der Waals surface area contributed by atoms with Gasteiger partial charge in [0.05, 0.1) is 23.0 Å². The maximum atomic E-state index is 10.8. The van der Waals surface area contributed by atoms with Crippen LogP contribution in [0, 0.1) is 11.3 Å². The molecule has 0 radical (unpaired) electrons. The van der Waals surface area contributed by atoms with Crippen molar-refractivity contribution >= 4 is 12.0 Å². The van der Waals surface area contributed by atoms with Crippen LogP contribution in [0.25, 0.3) is 23.0 Å². The minimum Gasteiger partial charge on any atom is -0.478 e. The van der Waals surface area contributed by atoms with Gasteiger partial charge in [-0.15, -0.1) is 0 Å². The summed E-state index contributed by atoms with van der Waals surface area (Å²) >= 11 is 0. The summed E-state index contributed by atoms with van der Waals surface area (Å²) in [5.74, 6) is -1.03. The van der Waals surface area contributed by atoms with Crippen molar-refractivity contribution in [1.29, 1.82) is 5.26 Å². The second kappa shape index (κ2) is 6.63. The zero-order chi connectivity index (χ0) is 16.9. The lowest BCUT2D eigenvalue weighted by molar-refractivity contribution is -0.131. The van der Waals surface area contributed by atoms with Gasteiger partial charge in [-0.05, 0) is 30.3 Å². The van der Waals surface area contributed by atoms with Crippen molar-refractivity contribution in [2.75, 3.05) is 0 Å². The maximum Gasteiger partial charge on any atom is 0.328 e. The number of aromatic nitrogens is 2. The fraction of sp³-hybridized carbons (Fsp3) is 0.